The lowest BCUT2D eigenvalue weighted by Gasteiger charge is -2.22. The first-order chi connectivity index (χ1) is 4.33. The highest BCUT2D eigenvalue weighted by molar-refractivity contribution is 5.71. The van der Waals surface area contributed by atoms with Crippen LogP contribution in [0.15, 0.2) is 0 Å². The second-order valence-corrected chi connectivity index (χ2v) is 2.89. The third-order valence-corrected chi connectivity index (χ3v) is 0.900. The van der Waals surface area contributed by atoms with Gasteiger partial charge in [0.25, 0.3) is 0 Å². The lowest BCUT2D eigenvalue weighted by Crippen LogP contribution is -2.38. The van der Waals surface area contributed by atoms with Crippen molar-refractivity contribution < 1.29 is 15.1 Å². The van der Waals surface area contributed by atoms with Crippen LogP contribution in [0.1, 0.15) is 20.8 Å². The van der Waals surface area contributed by atoms with Crippen LogP contribution in [-0.2, 0) is 4.79 Å². The Kier molecular flexibility index (Phi) is 2.80. The lowest BCUT2D eigenvalue weighted by molar-refractivity contribution is -0.173. The van der Waals surface area contributed by atoms with Gasteiger partial charge in [0.1, 0.15) is 0 Å². The number of hydroxylamine groups is 2. The van der Waals surface area contributed by atoms with Crippen molar-refractivity contribution in [2.24, 2.45) is 0 Å². The highest BCUT2D eigenvalue weighted by atomic mass is 16.5. The van der Waals surface area contributed by atoms with Crippen molar-refractivity contribution in [1.29, 1.82) is 0 Å². The fourth-order valence-electron chi connectivity index (χ4n) is 0.478. The molecule has 0 aromatic heterocycles. The third-order valence-electron chi connectivity index (χ3n) is 0.900. The molecule has 60 valence electrons. The lowest BCUT2D eigenvalue weighted by atomic mass is 10.1. The Morgan fingerprint density at radius 1 is 1.60 bits per heavy atom. The minimum atomic E-state index is -1.04. The van der Waals surface area contributed by atoms with Gasteiger partial charge in [-0.2, -0.15) is 0 Å². The zero-order valence-corrected chi connectivity index (χ0v) is 6.46. The summed E-state index contributed by atoms with van der Waals surface area (Å²) in [6, 6.07) is 0. The Bertz CT molecular complexity index is 127. The predicted molar refractivity (Wildman–Crippen MR) is 35.5 cm³/mol. The molecule has 0 aliphatic carbocycles. The van der Waals surface area contributed by atoms with E-state index in [0.717, 1.165) is 0 Å². The van der Waals surface area contributed by atoms with E-state index in [1.165, 1.54) is 20.8 Å². The summed E-state index contributed by atoms with van der Waals surface area (Å²) in [7, 11) is 0. The van der Waals surface area contributed by atoms with E-state index in [-0.39, 0.29) is 6.54 Å². The molecule has 0 fully saturated rings. The molecule has 0 aliphatic heterocycles. The molecular formula is C6H13NO3. The molecule has 0 atom stereocenters. The molecule has 0 heterocycles. The molecule has 0 unspecified atom stereocenters. The number of hydrogen-bond donors (Lipinski definition) is 2. The van der Waals surface area contributed by atoms with E-state index in [1.54, 1.807) is 0 Å². The molecule has 1 amide bonds. The van der Waals surface area contributed by atoms with Crippen LogP contribution < -0.4 is 0 Å². The van der Waals surface area contributed by atoms with Crippen LogP contribution in [0.5, 0.6) is 0 Å². The van der Waals surface area contributed by atoms with E-state index in [2.05, 4.69) is 0 Å². The van der Waals surface area contributed by atoms with E-state index >= 15 is 0 Å². The van der Waals surface area contributed by atoms with Crippen LogP contribution in [-0.4, -0.2) is 33.4 Å². The minimum Gasteiger partial charge on any atom is -0.389 e. The molecule has 0 aromatic carbocycles. The quantitative estimate of drug-likeness (QED) is 0.426. The summed E-state index contributed by atoms with van der Waals surface area (Å²) < 4.78 is 0. The molecule has 10 heavy (non-hydrogen) atoms. The average Bonchev–Trinajstić information content (AvgIpc) is 1.60. The maximum Gasteiger partial charge on any atom is 0.242 e. The molecule has 0 saturated heterocycles. The van der Waals surface area contributed by atoms with E-state index in [0.29, 0.717) is 5.06 Å². The topological polar surface area (TPSA) is 60.8 Å². The van der Waals surface area contributed by atoms with E-state index in [1.807, 2.05) is 0 Å². The minimum absolute atomic E-state index is 0.0671. The van der Waals surface area contributed by atoms with Crippen LogP contribution in [0.4, 0.5) is 0 Å². The van der Waals surface area contributed by atoms with Crippen LogP contribution in [0, 0.1) is 0 Å². The van der Waals surface area contributed by atoms with Gasteiger partial charge in [-0.25, -0.2) is 5.06 Å². The maximum absolute atomic E-state index is 10.4. The normalized spacial score (nSPS) is 11.3. The SMILES string of the molecule is CC(=O)N(O)CC(C)(C)O. The number of nitrogens with zero attached hydrogens (tertiary/aromatic N) is 1. The molecule has 0 radical (unpaired) electrons. The Balaban J connectivity index is 3.80. The standard InChI is InChI=1S/C6H13NO3/c1-5(8)7(10)4-6(2,3)9/h9-10H,4H2,1-3H3. The Morgan fingerprint density at radius 2 is 2.00 bits per heavy atom. The monoisotopic (exact) mass is 147 g/mol. The molecular weight excluding hydrogens is 134 g/mol. The third kappa shape index (κ3) is 4.29. The zero-order valence-electron chi connectivity index (χ0n) is 6.46. The summed E-state index contributed by atoms with van der Waals surface area (Å²) in [5.74, 6) is -0.470. The molecule has 0 spiro atoms. The first-order valence-corrected chi connectivity index (χ1v) is 3.02. The fraction of sp³-hybridized carbons (Fsp3) is 0.833. The molecule has 0 aliphatic rings. The molecule has 4 heteroatoms. The van der Waals surface area contributed by atoms with Crippen molar-refractivity contribution in [3.05, 3.63) is 0 Å². The van der Waals surface area contributed by atoms with Crippen molar-refractivity contribution >= 4 is 5.91 Å². The molecule has 2 N–H and O–H groups in total. The van der Waals surface area contributed by atoms with E-state index in [9.17, 15) is 4.79 Å². The van der Waals surface area contributed by atoms with Crippen molar-refractivity contribution in [2.75, 3.05) is 6.54 Å². The van der Waals surface area contributed by atoms with Crippen LogP contribution in [0.3, 0.4) is 0 Å². The second-order valence-electron chi connectivity index (χ2n) is 2.89. The second kappa shape index (κ2) is 2.98. The first kappa shape index (κ1) is 9.39. The van der Waals surface area contributed by atoms with Crippen LogP contribution >= 0.6 is 0 Å². The number of amides is 1. The van der Waals surface area contributed by atoms with E-state index < -0.39 is 11.5 Å². The predicted octanol–water partition coefficient (Wildman–Crippen LogP) is -0.00500. The summed E-state index contributed by atoms with van der Waals surface area (Å²) in [5, 5.41) is 18.4. The number of hydrogen-bond acceptors (Lipinski definition) is 3. The molecule has 0 rings (SSSR count). The van der Waals surface area contributed by atoms with Gasteiger partial charge in [-0.1, -0.05) is 0 Å². The first-order valence-electron chi connectivity index (χ1n) is 3.02. The average molecular weight is 147 g/mol. The summed E-state index contributed by atoms with van der Waals surface area (Å²) >= 11 is 0. The Morgan fingerprint density at radius 3 is 2.10 bits per heavy atom. The summed E-state index contributed by atoms with van der Waals surface area (Å²) in [4.78, 5) is 10.4. The van der Waals surface area contributed by atoms with Crippen molar-refractivity contribution in [3.8, 4) is 0 Å². The van der Waals surface area contributed by atoms with Gasteiger partial charge in [0.15, 0.2) is 0 Å². The summed E-state index contributed by atoms with van der Waals surface area (Å²) in [6.07, 6.45) is 0. The number of carbonyl (C=O) groups excluding carboxylic acids is 1. The Labute approximate surface area is 60.0 Å². The maximum atomic E-state index is 10.4. The Hall–Kier alpha value is -0.610. The molecule has 0 aromatic rings. The fourth-order valence-corrected chi connectivity index (χ4v) is 0.478. The van der Waals surface area contributed by atoms with Crippen LogP contribution in [0.2, 0.25) is 0 Å². The van der Waals surface area contributed by atoms with Gasteiger partial charge >= 0.3 is 0 Å². The highest BCUT2D eigenvalue weighted by Gasteiger charge is 2.18. The molecule has 0 saturated carbocycles. The van der Waals surface area contributed by atoms with Gasteiger partial charge in [-0.3, -0.25) is 10.0 Å². The van der Waals surface area contributed by atoms with Crippen molar-refractivity contribution in [2.45, 2.75) is 26.4 Å². The van der Waals surface area contributed by atoms with E-state index in [4.69, 9.17) is 10.3 Å². The largest absolute Gasteiger partial charge is 0.389 e. The number of rotatable bonds is 2. The summed E-state index contributed by atoms with van der Waals surface area (Å²) in [5.41, 5.74) is -1.04. The van der Waals surface area contributed by atoms with Gasteiger partial charge in [-0.15, -0.1) is 0 Å². The molecule has 0 bridgehead atoms. The number of carbonyl (C=O) groups is 1. The highest BCUT2D eigenvalue weighted by Crippen LogP contribution is 2.02. The van der Waals surface area contributed by atoms with Crippen LogP contribution in [0.25, 0.3) is 0 Å². The number of aliphatic hydroxyl groups is 1. The van der Waals surface area contributed by atoms with Gasteiger partial charge in [0.05, 0.1) is 12.1 Å². The summed E-state index contributed by atoms with van der Waals surface area (Å²) in [6.45, 7) is 4.19. The van der Waals surface area contributed by atoms with Gasteiger partial charge < -0.3 is 5.11 Å². The van der Waals surface area contributed by atoms with Crippen molar-refractivity contribution in [3.63, 3.8) is 0 Å². The van der Waals surface area contributed by atoms with Gasteiger partial charge in [0, 0.05) is 6.92 Å². The molecule has 4 nitrogen and oxygen atoms in total. The van der Waals surface area contributed by atoms with Gasteiger partial charge in [-0.05, 0) is 13.8 Å². The smallest absolute Gasteiger partial charge is 0.242 e. The zero-order chi connectivity index (χ0) is 8.36. The van der Waals surface area contributed by atoms with Crippen molar-refractivity contribution in [1.82, 2.24) is 5.06 Å². The van der Waals surface area contributed by atoms with Gasteiger partial charge in [0.2, 0.25) is 5.91 Å².